The highest BCUT2D eigenvalue weighted by atomic mass is 16.5. The normalized spacial score (nSPS) is 10.1. The molecule has 0 amide bonds. The minimum atomic E-state index is -0.497. The Hall–Kier alpha value is -2.43. The lowest BCUT2D eigenvalue weighted by Gasteiger charge is -2.16. The third kappa shape index (κ3) is 2.27. The van der Waals surface area contributed by atoms with Crippen LogP contribution in [0.1, 0.15) is 10.4 Å². The van der Waals surface area contributed by atoms with Gasteiger partial charge >= 0.3 is 5.97 Å². The summed E-state index contributed by atoms with van der Waals surface area (Å²) in [6.07, 6.45) is 3.73. The number of hydrogen-bond donors (Lipinski definition) is 0. The summed E-state index contributed by atoms with van der Waals surface area (Å²) in [6.45, 7) is 0. The zero-order chi connectivity index (χ0) is 13.8. The highest BCUT2D eigenvalue weighted by Crippen LogP contribution is 2.35. The summed E-state index contributed by atoms with van der Waals surface area (Å²) >= 11 is 0. The Kier molecular flexibility index (Phi) is 3.75. The fourth-order valence-electron chi connectivity index (χ4n) is 1.92. The van der Waals surface area contributed by atoms with E-state index in [1.165, 1.54) is 21.3 Å². The number of carbonyl (C=O) groups is 1. The van der Waals surface area contributed by atoms with E-state index in [0.717, 1.165) is 5.69 Å². The summed E-state index contributed by atoms with van der Waals surface area (Å²) in [5.74, 6) is 0.338. The Labute approximate surface area is 111 Å². The quantitative estimate of drug-likeness (QED) is 0.792. The molecule has 19 heavy (non-hydrogen) atoms. The van der Waals surface area contributed by atoms with Crippen molar-refractivity contribution in [2.75, 3.05) is 21.3 Å². The summed E-state index contributed by atoms with van der Waals surface area (Å²) in [4.78, 5) is 11.9. The standard InChI is InChI=1S/C14H15NO4/c1-17-11-7-6-10(15-8-4-5-9-15)13(18-2)12(11)14(16)19-3/h4-9H,1-3H3. The molecule has 1 heterocycles. The Bertz CT molecular complexity index is 575. The fraction of sp³-hybridized carbons (Fsp3) is 0.214. The number of carbonyl (C=O) groups excluding carboxylic acids is 1. The van der Waals surface area contributed by atoms with E-state index in [2.05, 4.69) is 0 Å². The van der Waals surface area contributed by atoms with Gasteiger partial charge in [0.25, 0.3) is 0 Å². The van der Waals surface area contributed by atoms with E-state index >= 15 is 0 Å². The van der Waals surface area contributed by atoms with Gasteiger partial charge in [-0.15, -0.1) is 0 Å². The first kappa shape index (κ1) is 13.0. The lowest BCUT2D eigenvalue weighted by Crippen LogP contribution is -2.09. The van der Waals surface area contributed by atoms with Gasteiger partial charge in [-0.05, 0) is 24.3 Å². The molecule has 0 saturated heterocycles. The van der Waals surface area contributed by atoms with Crippen molar-refractivity contribution in [2.24, 2.45) is 0 Å². The van der Waals surface area contributed by atoms with Crippen molar-refractivity contribution < 1.29 is 19.0 Å². The second-order valence-electron chi connectivity index (χ2n) is 3.78. The number of benzene rings is 1. The van der Waals surface area contributed by atoms with Gasteiger partial charge in [0, 0.05) is 12.4 Å². The van der Waals surface area contributed by atoms with Gasteiger partial charge in [-0.25, -0.2) is 4.79 Å². The maximum absolute atomic E-state index is 11.9. The van der Waals surface area contributed by atoms with Gasteiger partial charge in [0.15, 0.2) is 5.75 Å². The molecule has 0 aliphatic rings. The van der Waals surface area contributed by atoms with Crippen LogP contribution in [0.3, 0.4) is 0 Å². The highest BCUT2D eigenvalue weighted by Gasteiger charge is 2.22. The molecule has 5 heteroatoms. The summed E-state index contributed by atoms with van der Waals surface area (Å²) < 4.78 is 17.2. The maximum atomic E-state index is 11.9. The predicted octanol–water partition coefficient (Wildman–Crippen LogP) is 2.28. The largest absolute Gasteiger partial charge is 0.496 e. The maximum Gasteiger partial charge on any atom is 0.345 e. The van der Waals surface area contributed by atoms with Gasteiger partial charge in [-0.1, -0.05) is 0 Å². The smallest absolute Gasteiger partial charge is 0.345 e. The van der Waals surface area contributed by atoms with Crippen LogP contribution in [0.2, 0.25) is 0 Å². The molecular formula is C14H15NO4. The molecule has 0 spiro atoms. The minimum absolute atomic E-state index is 0.277. The third-order valence-electron chi connectivity index (χ3n) is 2.79. The van der Waals surface area contributed by atoms with Crippen LogP contribution in [-0.2, 0) is 4.74 Å². The molecular weight excluding hydrogens is 246 g/mol. The van der Waals surface area contributed by atoms with Crippen molar-refractivity contribution in [1.29, 1.82) is 0 Å². The van der Waals surface area contributed by atoms with Gasteiger partial charge in [-0.3, -0.25) is 0 Å². The van der Waals surface area contributed by atoms with E-state index in [1.54, 1.807) is 6.07 Å². The molecule has 100 valence electrons. The molecule has 0 N–H and O–H groups in total. The van der Waals surface area contributed by atoms with Gasteiger partial charge in [0.2, 0.25) is 0 Å². The number of ether oxygens (including phenoxy) is 3. The fourth-order valence-corrected chi connectivity index (χ4v) is 1.92. The number of methoxy groups -OCH3 is 3. The van der Waals surface area contributed by atoms with Gasteiger partial charge in [0.1, 0.15) is 11.3 Å². The molecule has 1 aromatic heterocycles. The topological polar surface area (TPSA) is 49.7 Å². The molecule has 0 unspecified atom stereocenters. The van der Waals surface area contributed by atoms with Gasteiger partial charge in [-0.2, -0.15) is 0 Å². The van der Waals surface area contributed by atoms with Crippen molar-refractivity contribution in [3.05, 3.63) is 42.2 Å². The average molecular weight is 261 g/mol. The highest BCUT2D eigenvalue weighted by molar-refractivity contribution is 5.97. The van der Waals surface area contributed by atoms with Crippen LogP contribution >= 0.6 is 0 Å². The SMILES string of the molecule is COC(=O)c1c(OC)ccc(-n2cccc2)c1OC. The molecule has 0 saturated carbocycles. The molecule has 0 aliphatic carbocycles. The van der Waals surface area contributed by atoms with Crippen LogP contribution < -0.4 is 9.47 Å². The second-order valence-corrected chi connectivity index (χ2v) is 3.78. The monoisotopic (exact) mass is 261 g/mol. The first-order valence-electron chi connectivity index (χ1n) is 5.69. The van der Waals surface area contributed by atoms with Crippen LogP contribution in [0.4, 0.5) is 0 Å². The van der Waals surface area contributed by atoms with Crippen LogP contribution in [0.5, 0.6) is 11.5 Å². The van der Waals surface area contributed by atoms with E-state index in [9.17, 15) is 4.79 Å². The zero-order valence-electron chi connectivity index (χ0n) is 11.0. The molecule has 0 bridgehead atoms. The van der Waals surface area contributed by atoms with E-state index < -0.39 is 5.97 Å². The molecule has 0 atom stereocenters. The van der Waals surface area contributed by atoms with E-state index in [0.29, 0.717) is 11.5 Å². The first-order chi connectivity index (χ1) is 9.22. The summed E-state index contributed by atoms with van der Waals surface area (Å²) in [7, 11) is 4.33. The molecule has 0 aliphatic heterocycles. The molecule has 0 radical (unpaired) electrons. The molecule has 5 nitrogen and oxygen atoms in total. The van der Waals surface area contributed by atoms with Crippen LogP contribution in [0, 0.1) is 0 Å². The van der Waals surface area contributed by atoms with E-state index in [4.69, 9.17) is 14.2 Å². The summed E-state index contributed by atoms with van der Waals surface area (Å²) in [6, 6.07) is 7.32. The first-order valence-corrected chi connectivity index (χ1v) is 5.69. The Morgan fingerprint density at radius 2 is 1.74 bits per heavy atom. The van der Waals surface area contributed by atoms with E-state index in [1.807, 2.05) is 35.2 Å². The zero-order valence-corrected chi connectivity index (χ0v) is 11.0. The second kappa shape index (κ2) is 5.48. The van der Waals surface area contributed by atoms with Crippen molar-refractivity contribution in [1.82, 2.24) is 4.57 Å². The van der Waals surface area contributed by atoms with Gasteiger partial charge in [0.05, 0.1) is 27.0 Å². The molecule has 1 aromatic carbocycles. The van der Waals surface area contributed by atoms with Crippen molar-refractivity contribution in [3.8, 4) is 17.2 Å². The Balaban J connectivity index is 2.68. The van der Waals surface area contributed by atoms with E-state index in [-0.39, 0.29) is 5.56 Å². The summed E-state index contributed by atoms with van der Waals surface area (Å²) in [5.41, 5.74) is 1.02. The van der Waals surface area contributed by atoms with Crippen molar-refractivity contribution >= 4 is 5.97 Å². The number of nitrogens with zero attached hydrogens (tertiary/aromatic N) is 1. The number of esters is 1. The Morgan fingerprint density at radius 1 is 1.05 bits per heavy atom. The minimum Gasteiger partial charge on any atom is -0.496 e. The molecule has 2 rings (SSSR count). The number of rotatable bonds is 4. The average Bonchev–Trinajstić information content (AvgIpc) is 2.98. The predicted molar refractivity (Wildman–Crippen MR) is 70.2 cm³/mol. The van der Waals surface area contributed by atoms with Crippen LogP contribution in [-0.4, -0.2) is 31.9 Å². The number of hydrogen-bond acceptors (Lipinski definition) is 4. The third-order valence-corrected chi connectivity index (χ3v) is 2.79. The van der Waals surface area contributed by atoms with Crippen LogP contribution in [0.15, 0.2) is 36.7 Å². The molecule has 0 fully saturated rings. The summed E-state index contributed by atoms with van der Waals surface area (Å²) in [5, 5.41) is 0. The van der Waals surface area contributed by atoms with Crippen LogP contribution in [0.25, 0.3) is 5.69 Å². The van der Waals surface area contributed by atoms with Crippen molar-refractivity contribution in [3.63, 3.8) is 0 Å². The molecule has 2 aromatic rings. The lowest BCUT2D eigenvalue weighted by atomic mass is 10.1. The Morgan fingerprint density at radius 3 is 2.26 bits per heavy atom. The van der Waals surface area contributed by atoms with Gasteiger partial charge < -0.3 is 18.8 Å². The lowest BCUT2D eigenvalue weighted by molar-refractivity contribution is 0.0593. The number of aromatic nitrogens is 1. The van der Waals surface area contributed by atoms with Crippen molar-refractivity contribution in [2.45, 2.75) is 0 Å².